The van der Waals surface area contributed by atoms with Crippen LogP contribution in [0.25, 0.3) is 0 Å². The number of ether oxygens (including phenoxy) is 1. The fraction of sp³-hybridized carbons (Fsp3) is 0.273. The fourth-order valence-electron chi connectivity index (χ4n) is 1.57. The first-order valence-electron chi connectivity index (χ1n) is 5.07. The fourth-order valence-corrected chi connectivity index (χ4v) is 1.57. The summed E-state index contributed by atoms with van der Waals surface area (Å²) in [5, 5.41) is 12.3. The minimum absolute atomic E-state index is 0.0128. The largest absolute Gasteiger partial charge is 0.478 e. The molecule has 0 aromatic heterocycles. The van der Waals surface area contributed by atoms with Crippen molar-refractivity contribution in [3.63, 3.8) is 0 Å². The SMILES string of the molecule is O=C(O)C1CC(c2ccccc2OC(F)F)=NO1. The molecule has 0 saturated carbocycles. The van der Waals surface area contributed by atoms with Gasteiger partial charge < -0.3 is 14.7 Å². The number of nitrogens with zero attached hydrogens (tertiary/aromatic N) is 1. The number of hydrogen-bond donors (Lipinski definition) is 1. The molecule has 0 aliphatic carbocycles. The number of carboxylic acid groups (broad SMARTS) is 1. The topological polar surface area (TPSA) is 68.1 Å². The van der Waals surface area contributed by atoms with E-state index in [9.17, 15) is 13.6 Å². The van der Waals surface area contributed by atoms with Crippen LogP contribution in [-0.2, 0) is 9.63 Å². The van der Waals surface area contributed by atoms with Gasteiger partial charge in [0.05, 0.1) is 5.71 Å². The summed E-state index contributed by atoms with van der Waals surface area (Å²) in [7, 11) is 0. The molecule has 1 aliphatic heterocycles. The second-order valence-corrected chi connectivity index (χ2v) is 3.55. The summed E-state index contributed by atoms with van der Waals surface area (Å²) in [6.07, 6.45) is -1.07. The maximum Gasteiger partial charge on any atom is 0.387 e. The minimum atomic E-state index is -2.95. The van der Waals surface area contributed by atoms with Crippen molar-refractivity contribution in [1.82, 2.24) is 0 Å². The number of halogens is 2. The smallest absolute Gasteiger partial charge is 0.387 e. The van der Waals surface area contributed by atoms with Gasteiger partial charge in [0, 0.05) is 12.0 Å². The molecule has 0 amide bonds. The quantitative estimate of drug-likeness (QED) is 0.893. The van der Waals surface area contributed by atoms with Crippen LogP contribution in [0.4, 0.5) is 8.78 Å². The number of oxime groups is 1. The molecule has 0 saturated heterocycles. The Hall–Kier alpha value is -2.18. The maximum atomic E-state index is 12.2. The van der Waals surface area contributed by atoms with Crippen LogP contribution in [0.15, 0.2) is 29.4 Å². The molecule has 18 heavy (non-hydrogen) atoms. The van der Waals surface area contributed by atoms with Crippen molar-refractivity contribution >= 4 is 11.7 Å². The maximum absolute atomic E-state index is 12.2. The van der Waals surface area contributed by atoms with Crippen LogP contribution in [0, 0.1) is 0 Å². The summed E-state index contributed by atoms with van der Waals surface area (Å²) < 4.78 is 28.7. The molecule has 0 bridgehead atoms. The summed E-state index contributed by atoms with van der Waals surface area (Å²) in [5.74, 6) is -1.21. The van der Waals surface area contributed by atoms with E-state index in [2.05, 4.69) is 14.7 Å². The van der Waals surface area contributed by atoms with Crippen molar-refractivity contribution < 1.29 is 28.3 Å². The van der Waals surface area contributed by atoms with Crippen molar-refractivity contribution in [2.45, 2.75) is 19.1 Å². The van der Waals surface area contributed by atoms with Gasteiger partial charge in [-0.15, -0.1) is 0 Å². The Kier molecular flexibility index (Phi) is 3.40. The third-order valence-electron chi connectivity index (χ3n) is 2.36. The average Bonchev–Trinajstić information content (AvgIpc) is 2.78. The molecular formula is C11H9F2NO4. The van der Waals surface area contributed by atoms with Crippen LogP contribution in [-0.4, -0.2) is 29.5 Å². The molecule has 5 nitrogen and oxygen atoms in total. The molecule has 96 valence electrons. The monoisotopic (exact) mass is 257 g/mol. The lowest BCUT2D eigenvalue weighted by Gasteiger charge is -2.09. The van der Waals surface area contributed by atoms with E-state index in [0.29, 0.717) is 5.56 Å². The number of para-hydroxylation sites is 1. The lowest BCUT2D eigenvalue weighted by Crippen LogP contribution is -2.20. The normalized spacial score (nSPS) is 18.4. The van der Waals surface area contributed by atoms with E-state index in [4.69, 9.17) is 5.11 Å². The first-order valence-corrected chi connectivity index (χ1v) is 5.07. The van der Waals surface area contributed by atoms with E-state index < -0.39 is 18.7 Å². The van der Waals surface area contributed by atoms with Gasteiger partial charge in [-0.1, -0.05) is 17.3 Å². The number of benzene rings is 1. The van der Waals surface area contributed by atoms with E-state index in [-0.39, 0.29) is 17.9 Å². The van der Waals surface area contributed by atoms with Crippen LogP contribution >= 0.6 is 0 Å². The second-order valence-electron chi connectivity index (χ2n) is 3.55. The molecule has 1 aromatic carbocycles. The lowest BCUT2D eigenvalue weighted by molar-refractivity contribution is -0.148. The molecule has 1 heterocycles. The number of aliphatic carboxylic acids is 1. The number of alkyl halides is 2. The van der Waals surface area contributed by atoms with Crippen LogP contribution in [0.1, 0.15) is 12.0 Å². The number of carboxylic acids is 1. The molecule has 0 radical (unpaired) electrons. The molecule has 7 heteroatoms. The highest BCUT2D eigenvalue weighted by molar-refractivity contribution is 6.05. The highest BCUT2D eigenvalue weighted by Gasteiger charge is 2.29. The van der Waals surface area contributed by atoms with Crippen molar-refractivity contribution in [3.05, 3.63) is 29.8 Å². The molecule has 0 spiro atoms. The van der Waals surface area contributed by atoms with Gasteiger partial charge in [0.1, 0.15) is 5.75 Å². The summed E-state index contributed by atoms with van der Waals surface area (Å²) in [6, 6.07) is 6.03. The van der Waals surface area contributed by atoms with Crippen LogP contribution in [0.2, 0.25) is 0 Å². The number of carbonyl (C=O) groups is 1. The number of hydrogen-bond acceptors (Lipinski definition) is 4. The zero-order chi connectivity index (χ0) is 13.1. The van der Waals surface area contributed by atoms with E-state index >= 15 is 0 Å². The molecule has 1 unspecified atom stereocenters. The second kappa shape index (κ2) is 4.99. The highest BCUT2D eigenvalue weighted by Crippen LogP contribution is 2.26. The molecule has 1 aromatic rings. The Morgan fingerprint density at radius 1 is 1.50 bits per heavy atom. The van der Waals surface area contributed by atoms with Crippen molar-refractivity contribution in [2.75, 3.05) is 0 Å². The average molecular weight is 257 g/mol. The first kappa shape index (κ1) is 12.3. The van der Waals surface area contributed by atoms with Gasteiger partial charge >= 0.3 is 12.6 Å². The Labute approximate surface area is 101 Å². The van der Waals surface area contributed by atoms with Crippen molar-refractivity contribution in [2.24, 2.45) is 5.16 Å². The molecule has 1 atom stereocenters. The van der Waals surface area contributed by atoms with Crippen LogP contribution in [0.3, 0.4) is 0 Å². The first-order chi connectivity index (χ1) is 8.58. The Bertz CT molecular complexity index is 490. The summed E-state index contributed by atoms with van der Waals surface area (Å²) in [5.41, 5.74) is 0.584. The summed E-state index contributed by atoms with van der Waals surface area (Å²) >= 11 is 0. The van der Waals surface area contributed by atoms with Gasteiger partial charge in [-0.2, -0.15) is 8.78 Å². The van der Waals surface area contributed by atoms with Gasteiger partial charge in [0.15, 0.2) is 0 Å². The van der Waals surface area contributed by atoms with Gasteiger partial charge in [0.25, 0.3) is 0 Å². The van der Waals surface area contributed by atoms with Crippen LogP contribution < -0.4 is 4.74 Å². The van der Waals surface area contributed by atoms with Crippen molar-refractivity contribution in [3.8, 4) is 5.75 Å². The molecule has 1 N–H and O–H groups in total. The Morgan fingerprint density at radius 2 is 2.22 bits per heavy atom. The molecule has 2 rings (SSSR count). The lowest BCUT2D eigenvalue weighted by atomic mass is 10.0. The molecule has 0 fully saturated rings. The molecular weight excluding hydrogens is 248 g/mol. The van der Waals surface area contributed by atoms with E-state index in [0.717, 1.165) is 0 Å². The third kappa shape index (κ3) is 2.55. The van der Waals surface area contributed by atoms with Gasteiger partial charge in [0.2, 0.25) is 6.10 Å². The number of rotatable bonds is 4. The van der Waals surface area contributed by atoms with Crippen LogP contribution in [0.5, 0.6) is 5.75 Å². The molecule has 1 aliphatic rings. The predicted molar refractivity (Wildman–Crippen MR) is 56.7 cm³/mol. The minimum Gasteiger partial charge on any atom is -0.478 e. The van der Waals surface area contributed by atoms with E-state index in [1.165, 1.54) is 18.2 Å². The third-order valence-corrected chi connectivity index (χ3v) is 2.36. The standard InChI is InChI=1S/C11H9F2NO4/c12-11(13)17-8-4-2-1-3-6(8)7-5-9(10(15)16)18-14-7/h1-4,9,11H,5H2,(H,15,16). The van der Waals surface area contributed by atoms with Crippen molar-refractivity contribution in [1.29, 1.82) is 0 Å². The Balaban J connectivity index is 2.21. The van der Waals surface area contributed by atoms with Gasteiger partial charge in [-0.05, 0) is 12.1 Å². The summed E-state index contributed by atoms with van der Waals surface area (Å²) in [4.78, 5) is 15.4. The van der Waals surface area contributed by atoms with Gasteiger partial charge in [-0.3, -0.25) is 0 Å². The van der Waals surface area contributed by atoms with E-state index in [1.807, 2.05) is 0 Å². The summed E-state index contributed by atoms with van der Waals surface area (Å²) in [6.45, 7) is -2.95. The Morgan fingerprint density at radius 3 is 2.83 bits per heavy atom. The predicted octanol–water partition coefficient (Wildman–Crippen LogP) is 1.87. The van der Waals surface area contributed by atoms with E-state index in [1.54, 1.807) is 6.07 Å². The zero-order valence-electron chi connectivity index (χ0n) is 9.05. The van der Waals surface area contributed by atoms with Gasteiger partial charge in [-0.25, -0.2) is 4.79 Å². The highest BCUT2D eigenvalue weighted by atomic mass is 19.3. The zero-order valence-corrected chi connectivity index (χ0v) is 9.05.